The van der Waals surface area contributed by atoms with Crippen LogP contribution in [0.2, 0.25) is 0 Å². The Hall–Kier alpha value is -1.51. The van der Waals surface area contributed by atoms with Crippen molar-refractivity contribution >= 4 is 5.97 Å². The minimum absolute atomic E-state index is 0.271. The highest BCUT2D eigenvalue weighted by molar-refractivity contribution is 5.74. The number of ether oxygens (including phenoxy) is 1. The van der Waals surface area contributed by atoms with Crippen LogP contribution in [0, 0.1) is 5.41 Å². The van der Waals surface area contributed by atoms with Crippen molar-refractivity contribution in [2.75, 3.05) is 0 Å². The highest BCUT2D eigenvalue weighted by Gasteiger charge is 2.41. The molecule has 0 amide bonds. The number of hydrogen-bond acceptors (Lipinski definition) is 2. The van der Waals surface area contributed by atoms with E-state index in [1.807, 2.05) is 24.3 Å². The monoisotopic (exact) mass is 206 g/mol. The number of carboxylic acid groups (broad SMARTS) is 1. The number of hydrogen-bond donors (Lipinski definition) is 1. The molecule has 1 aliphatic rings. The maximum atomic E-state index is 11.1. The summed E-state index contributed by atoms with van der Waals surface area (Å²) in [5, 5.41) is 9.10. The smallest absolute Gasteiger partial charge is 0.312 e. The van der Waals surface area contributed by atoms with Gasteiger partial charge in [-0.3, -0.25) is 4.79 Å². The molecule has 0 bridgehead atoms. The van der Waals surface area contributed by atoms with E-state index in [2.05, 4.69) is 0 Å². The molecule has 0 spiro atoms. The van der Waals surface area contributed by atoms with E-state index in [0.29, 0.717) is 6.42 Å². The summed E-state index contributed by atoms with van der Waals surface area (Å²) in [6.07, 6.45) is 0.405. The fourth-order valence-corrected chi connectivity index (χ4v) is 1.72. The third-order valence-corrected chi connectivity index (χ3v) is 3.00. The van der Waals surface area contributed by atoms with E-state index < -0.39 is 11.4 Å². The van der Waals surface area contributed by atoms with Gasteiger partial charge in [0.1, 0.15) is 11.9 Å². The zero-order chi connectivity index (χ0) is 11.1. The summed E-state index contributed by atoms with van der Waals surface area (Å²) in [6, 6.07) is 7.70. The van der Waals surface area contributed by atoms with E-state index in [0.717, 1.165) is 11.3 Å². The van der Waals surface area contributed by atoms with Crippen LogP contribution in [-0.4, -0.2) is 17.2 Å². The first kappa shape index (κ1) is 10.0. The quantitative estimate of drug-likeness (QED) is 0.806. The first-order chi connectivity index (χ1) is 7.01. The molecule has 80 valence electrons. The number of rotatable bonds is 2. The molecule has 0 saturated heterocycles. The fourth-order valence-electron chi connectivity index (χ4n) is 1.72. The summed E-state index contributed by atoms with van der Waals surface area (Å²) in [6.45, 7) is 3.40. The Bertz CT molecular complexity index is 371. The van der Waals surface area contributed by atoms with Crippen LogP contribution in [0.3, 0.4) is 0 Å². The molecule has 0 aromatic heterocycles. The van der Waals surface area contributed by atoms with Gasteiger partial charge in [-0.2, -0.15) is 0 Å². The predicted octanol–water partition coefficient (Wildman–Crippen LogP) is 2.10. The van der Waals surface area contributed by atoms with Gasteiger partial charge in [0.25, 0.3) is 0 Å². The van der Waals surface area contributed by atoms with Gasteiger partial charge in [0.2, 0.25) is 0 Å². The lowest BCUT2D eigenvalue weighted by atomic mass is 9.84. The number of carbonyl (C=O) groups is 1. The lowest BCUT2D eigenvalue weighted by molar-refractivity contribution is -0.151. The SMILES string of the molecule is CC(C)(C(=O)O)C1Cc2ccccc2O1. The van der Waals surface area contributed by atoms with Crippen molar-refractivity contribution in [3.8, 4) is 5.75 Å². The Labute approximate surface area is 88.7 Å². The van der Waals surface area contributed by atoms with Crippen LogP contribution in [0.25, 0.3) is 0 Å². The van der Waals surface area contributed by atoms with E-state index >= 15 is 0 Å². The number of para-hydroxylation sites is 1. The molecule has 1 aliphatic heterocycles. The van der Waals surface area contributed by atoms with E-state index in [4.69, 9.17) is 9.84 Å². The standard InChI is InChI=1S/C12H14O3/c1-12(2,11(13)14)10-7-8-5-3-4-6-9(8)15-10/h3-6,10H,7H2,1-2H3,(H,13,14). The number of fused-ring (bicyclic) bond motifs is 1. The maximum absolute atomic E-state index is 11.1. The van der Waals surface area contributed by atoms with Crippen LogP contribution >= 0.6 is 0 Å². The summed E-state index contributed by atoms with van der Waals surface area (Å²) < 4.78 is 5.65. The molecule has 3 nitrogen and oxygen atoms in total. The van der Waals surface area contributed by atoms with Gasteiger partial charge in [-0.05, 0) is 25.5 Å². The predicted molar refractivity (Wildman–Crippen MR) is 56.0 cm³/mol. The Morgan fingerprint density at radius 1 is 1.47 bits per heavy atom. The van der Waals surface area contributed by atoms with E-state index in [9.17, 15) is 4.79 Å². The first-order valence-electron chi connectivity index (χ1n) is 5.00. The van der Waals surface area contributed by atoms with Gasteiger partial charge in [0, 0.05) is 6.42 Å². The summed E-state index contributed by atoms with van der Waals surface area (Å²) in [7, 11) is 0. The Morgan fingerprint density at radius 3 is 2.73 bits per heavy atom. The third-order valence-electron chi connectivity index (χ3n) is 3.00. The molecule has 3 heteroatoms. The minimum atomic E-state index is -0.848. The molecule has 1 atom stereocenters. The minimum Gasteiger partial charge on any atom is -0.489 e. The molecule has 1 unspecified atom stereocenters. The van der Waals surface area contributed by atoms with Gasteiger partial charge in [-0.15, -0.1) is 0 Å². The van der Waals surface area contributed by atoms with Crippen molar-refractivity contribution in [3.63, 3.8) is 0 Å². The van der Waals surface area contributed by atoms with Gasteiger partial charge in [-0.1, -0.05) is 18.2 Å². The second-order valence-corrected chi connectivity index (χ2v) is 4.45. The summed E-state index contributed by atoms with van der Waals surface area (Å²) >= 11 is 0. The lowest BCUT2D eigenvalue weighted by Crippen LogP contribution is -2.40. The second-order valence-electron chi connectivity index (χ2n) is 4.45. The van der Waals surface area contributed by atoms with Crippen molar-refractivity contribution in [1.82, 2.24) is 0 Å². The molecule has 0 radical (unpaired) electrons. The van der Waals surface area contributed by atoms with Crippen molar-refractivity contribution in [3.05, 3.63) is 29.8 Å². The molecule has 15 heavy (non-hydrogen) atoms. The summed E-state index contributed by atoms with van der Waals surface area (Å²) in [5.74, 6) is -0.00266. The Balaban J connectivity index is 2.24. The van der Waals surface area contributed by atoms with Gasteiger partial charge >= 0.3 is 5.97 Å². The van der Waals surface area contributed by atoms with Gasteiger partial charge in [0.15, 0.2) is 0 Å². The van der Waals surface area contributed by atoms with Crippen LogP contribution in [0.1, 0.15) is 19.4 Å². The first-order valence-corrected chi connectivity index (χ1v) is 5.00. The Morgan fingerprint density at radius 2 is 2.13 bits per heavy atom. The zero-order valence-electron chi connectivity index (χ0n) is 8.86. The second kappa shape index (κ2) is 3.26. The van der Waals surface area contributed by atoms with Gasteiger partial charge < -0.3 is 9.84 Å². The average Bonchev–Trinajstić information content (AvgIpc) is 2.61. The molecule has 0 fully saturated rings. The van der Waals surface area contributed by atoms with Gasteiger partial charge in [-0.25, -0.2) is 0 Å². The average molecular weight is 206 g/mol. The maximum Gasteiger partial charge on any atom is 0.312 e. The van der Waals surface area contributed by atoms with Gasteiger partial charge in [0.05, 0.1) is 5.41 Å². The van der Waals surface area contributed by atoms with Crippen molar-refractivity contribution in [1.29, 1.82) is 0 Å². The molecular formula is C12H14O3. The van der Waals surface area contributed by atoms with Crippen LogP contribution < -0.4 is 4.74 Å². The summed E-state index contributed by atoms with van der Waals surface area (Å²) in [4.78, 5) is 11.1. The topological polar surface area (TPSA) is 46.5 Å². The fraction of sp³-hybridized carbons (Fsp3) is 0.417. The lowest BCUT2D eigenvalue weighted by Gasteiger charge is -2.25. The van der Waals surface area contributed by atoms with Crippen molar-refractivity contribution < 1.29 is 14.6 Å². The summed E-state index contributed by atoms with van der Waals surface area (Å²) in [5.41, 5.74) is 0.246. The highest BCUT2D eigenvalue weighted by Crippen LogP contribution is 2.36. The third kappa shape index (κ3) is 1.58. The number of carboxylic acids is 1. The van der Waals surface area contributed by atoms with Crippen LogP contribution in [0.15, 0.2) is 24.3 Å². The zero-order valence-corrected chi connectivity index (χ0v) is 8.86. The normalized spacial score (nSPS) is 19.5. The van der Waals surface area contributed by atoms with Crippen molar-refractivity contribution in [2.45, 2.75) is 26.4 Å². The van der Waals surface area contributed by atoms with Crippen LogP contribution in [0.4, 0.5) is 0 Å². The highest BCUT2D eigenvalue weighted by atomic mass is 16.5. The van der Waals surface area contributed by atoms with Crippen molar-refractivity contribution in [2.24, 2.45) is 5.41 Å². The largest absolute Gasteiger partial charge is 0.489 e. The molecule has 0 aliphatic carbocycles. The number of benzene rings is 1. The molecule has 2 rings (SSSR count). The Kier molecular flexibility index (Phi) is 2.18. The van der Waals surface area contributed by atoms with E-state index in [1.165, 1.54) is 0 Å². The molecule has 0 saturated carbocycles. The van der Waals surface area contributed by atoms with Crippen LogP contribution in [0.5, 0.6) is 5.75 Å². The van der Waals surface area contributed by atoms with Crippen LogP contribution in [-0.2, 0) is 11.2 Å². The molecule has 1 heterocycles. The van der Waals surface area contributed by atoms with E-state index in [1.54, 1.807) is 13.8 Å². The molecule has 1 N–H and O–H groups in total. The van der Waals surface area contributed by atoms with E-state index in [-0.39, 0.29) is 6.10 Å². The molecule has 1 aromatic carbocycles. The number of aliphatic carboxylic acids is 1. The molecular weight excluding hydrogens is 192 g/mol. The molecule has 1 aromatic rings.